The van der Waals surface area contributed by atoms with Gasteiger partial charge < -0.3 is 15.1 Å². The Bertz CT molecular complexity index is 994. The van der Waals surface area contributed by atoms with Crippen molar-refractivity contribution in [3.63, 3.8) is 0 Å². The molecule has 1 saturated heterocycles. The summed E-state index contributed by atoms with van der Waals surface area (Å²) in [5.41, 5.74) is 4.64. The number of amides is 1. The largest absolute Gasteiger partial charge is 0.368 e. The van der Waals surface area contributed by atoms with Crippen LogP contribution in [0.5, 0.6) is 0 Å². The third-order valence-corrected chi connectivity index (χ3v) is 5.88. The van der Waals surface area contributed by atoms with Gasteiger partial charge >= 0.3 is 0 Å². The van der Waals surface area contributed by atoms with Gasteiger partial charge in [-0.2, -0.15) is 0 Å². The number of carbonyl (C=O) groups is 1. The van der Waals surface area contributed by atoms with Gasteiger partial charge in [-0.25, -0.2) is 0 Å². The third-order valence-electron chi connectivity index (χ3n) is 5.04. The first-order valence-electron chi connectivity index (χ1n) is 9.82. The van der Waals surface area contributed by atoms with Gasteiger partial charge in [0.15, 0.2) is 0 Å². The minimum absolute atomic E-state index is 0.118. The molecule has 1 aliphatic rings. The normalized spacial score (nSPS) is 14.1. The van der Waals surface area contributed by atoms with Gasteiger partial charge in [0.25, 0.3) is 0 Å². The Morgan fingerprint density at radius 2 is 1.72 bits per heavy atom. The summed E-state index contributed by atoms with van der Waals surface area (Å²) >= 11 is 1.43. The van der Waals surface area contributed by atoms with Crippen molar-refractivity contribution in [3.8, 4) is 0 Å². The molecule has 7 heteroatoms. The first-order chi connectivity index (χ1) is 14.1. The molecule has 2 aromatic carbocycles. The van der Waals surface area contributed by atoms with E-state index in [0.717, 1.165) is 36.9 Å². The molecular formula is C22H25N5OS. The molecule has 0 saturated carbocycles. The summed E-state index contributed by atoms with van der Waals surface area (Å²) < 4.78 is 0. The summed E-state index contributed by atoms with van der Waals surface area (Å²) in [6.45, 7) is 7.33. The molecule has 150 valence electrons. The lowest BCUT2D eigenvalue weighted by Gasteiger charge is -2.36. The minimum atomic E-state index is 0.118. The molecule has 3 aromatic rings. The van der Waals surface area contributed by atoms with Crippen molar-refractivity contribution in [2.75, 3.05) is 36.4 Å². The predicted octanol–water partition coefficient (Wildman–Crippen LogP) is 3.79. The van der Waals surface area contributed by atoms with Crippen LogP contribution in [0.4, 0.5) is 16.5 Å². The van der Waals surface area contributed by atoms with E-state index in [-0.39, 0.29) is 5.91 Å². The van der Waals surface area contributed by atoms with Crippen molar-refractivity contribution in [3.05, 3.63) is 64.7 Å². The van der Waals surface area contributed by atoms with Gasteiger partial charge in [0.2, 0.25) is 11.0 Å². The highest BCUT2D eigenvalue weighted by Gasteiger charge is 2.22. The Labute approximate surface area is 175 Å². The fourth-order valence-corrected chi connectivity index (χ4v) is 4.25. The number of aryl methyl sites for hydroxylation is 2. The van der Waals surface area contributed by atoms with E-state index in [1.165, 1.54) is 28.2 Å². The van der Waals surface area contributed by atoms with Crippen LogP contribution in [0.1, 0.15) is 16.1 Å². The number of anilines is 3. The number of nitrogens with zero attached hydrogens (tertiary/aromatic N) is 4. The van der Waals surface area contributed by atoms with Crippen molar-refractivity contribution < 1.29 is 4.79 Å². The van der Waals surface area contributed by atoms with Gasteiger partial charge in [-0.3, -0.25) is 4.79 Å². The number of aromatic nitrogens is 2. The van der Waals surface area contributed by atoms with Crippen LogP contribution in [0.2, 0.25) is 0 Å². The molecule has 1 aromatic heterocycles. The molecular weight excluding hydrogens is 382 g/mol. The zero-order valence-electron chi connectivity index (χ0n) is 16.8. The molecule has 1 aliphatic heterocycles. The van der Waals surface area contributed by atoms with Crippen molar-refractivity contribution in [2.24, 2.45) is 0 Å². The minimum Gasteiger partial charge on any atom is -0.368 e. The summed E-state index contributed by atoms with van der Waals surface area (Å²) in [7, 11) is 0. The van der Waals surface area contributed by atoms with E-state index in [0.29, 0.717) is 11.6 Å². The molecule has 6 nitrogen and oxygen atoms in total. The zero-order valence-corrected chi connectivity index (χ0v) is 17.6. The van der Waals surface area contributed by atoms with Gasteiger partial charge in [-0.05, 0) is 49.2 Å². The maximum absolute atomic E-state index is 12.7. The number of benzene rings is 2. The lowest BCUT2D eigenvalue weighted by Crippen LogP contribution is -2.49. The molecule has 29 heavy (non-hydrogen) atoms. The predicted molar refractivity (Wildman–Crippen MR) is 118 cm³/mol. The average Bonchev–Trinajstić information content (AvgIpc) is 3.15. The zero-order chi connectivity index (χ0) is 20.2. The Morgan fingerprint density at radius 1 is 1.00 bits per heavy atom. The maximum Gasteiger partial charge on any atom is 0.229 e. The van der Waals surface area contributed by atoms with Crippen LogP contribution in [-0.2, 0) is 11.2 Å². The average molecular weight is 408 g/mol. The van der Waals surface area contributed by atoms with Gasteiger partial charge in [-0.15, -0.1) is 10.2 Å². The molecule has 0 atom stereocenters. The lowest BCUT2D eigenvalue weighted by atomic mass is 10.2. The van der Waals surface area contributed by atoms with E-state index in [2.05, 4.69) is 57.7 Å². The summed E-state index contributed by atoms with van der Waals surface area (Å²) in [5.74, 6) is 0.118. The second kappa shape index (κ2) is 8.61. The van der Waals surface area contributed by atoms with Crippen LogP contribution in [-0.4, -0.2) is 47.2 Å². The van der Waals surface area contributed by atoms with E-state index in [9.17, 15) is 4.79 Å². The molecule has 1 fully saturated rings. The highest BCUT2D eigenvalue weighted by Crippen LogP contribution is 2.23. The number of piperazine rings is 1. The van der Waals surface area contributed by atoms with Crippen LogP contribution in [0.3, 0.4) is 0 Å². The van der Waals surface area contributed by atoms with Crippen LogP contribution in [0, 0.1) is 13.8 Å². The molecule has 0 bridgehead atoms. The lowest BCUT2D eigenvalue weighted by molar-refractivity contribution is -0.130. The van der Waals surface area contributed by atoms with Gasteiger partial charge in [0.05, 0.1) is 6.42 Å². The van der Waals surface area contributed by atoms with E-state index < -0.39 is 0 Å². The smallest absolute Gasteiger partial charge is 0.229 e. The first-order valence-corrected chi connectivity index (χ1v) is 10.6. The number of hydrogen-bond acceptors (Lipinski definition) is 6. The monoisotopic (exact) mass is 407 g/mol. The summed E-state index contributed by atoms with van der Waals surface area (Å²) in [4.78, 5) is 17.0. The van der Waals surface area contributed by atoms with Crippen molar-refractivity contribution in [1.82, 2.24) is 15.1 Å². The molecule has 1 N–H and O–H groups in total. The second-order valence-electron chi connectivity index (χ2n) is 7.38. The van der Waals surface area contributed by atoms with E-state index in [1.54, 1.807) is 0 Å². The van der Waals surface area contributed by atoms with E-state index in [1.807, 2.05) is 30.0 Å². The van der Waals surface area contributed by atoms with E-state index >= 15 is 0 Å². The SMILES string of the molecule is Cc1cccc(Nc2nnc(CC(=O)N3CCN(c4cccc(C)c4)CC3)s2)c1. The molecule has 1 amide bonds. The molecule has 0 aliphatic carbocycles. The van der Waals surface area contributed by atoms with E-state index in [4.69, 9.17) is 0 Å². The maximum atomic E-state index is 12.7. The quantitative estimate of drug-likeness (QED) is 0.697. The summed E-state index contributed by atoms with van der Waals surface area (Å²) in [6.07, 6.45) is 0.303. The topological polar surface area (TPSA) is 61.4 Å². The number of hydrogen-bond donors (Lipinski definition) is 1. The Hall–Kier alpha value is -2.93. The number of nitrogens with one attached hydrogen (secondary N) is 1. The summed E-state index contributed by atoms with van der Waals surface area (Å²) in [5, 5.41) is 13.1. The van der Waals surface area contributed by atoms with Gasteiger partial charge in [0, 0.05) is 37.6 Å². The van der Waals surface area contributed by atoms with Crippen LogP contribution >= 0.6 is 11.3 Å². The second-order valence-corrected chi connectivity index (χ2v) is 8.44. The molecule has 4 rings (SSSR count). The third kappa shape index (κ3) is 4.92. The molecule has 0 radical (unpaired) electrons. The standard InChI is InChI=1S/C22H25N5OS/c1-16-5-3-7-18(13-16)23-22-25-24-20(29-22)15-21(28)27-11-9-26(10-12-27)19-8-4-6-17(2)14-19/h3-8,13-14H,9-12,15H2,1-2H3,(H,23,25). The molecule has 0 unspecified atom stereocenters. The van der Waals surface area contributed by atoms with Gasteiger partial charge in [-0.1, -0.05) is 35.6 Å². The van der Waals surface area contributed by atoms with Crippen LogP contribution in [0.15, 0.2) is 48.5 Å². The Morgan fingerprint density at radius 3 is 2.45 bits per heavy atom. The highest BCUT2D eigenvalue weighted by atomic mass is 32.1. The fraction of sp³-hybridized carbons (Fsp3) is 0.318. The summed E-state index contributed by atoms with van der Waals surface area (Å²) in [6, 6.07) is 16.6. The van der Waals surface area contributed by atoms with Gasteiger partial charge in [0.1, 0.15) is 5.01 Å². The van der Waals surface area contributed by atoms with Crippen molar-refractivity contribution in [2.45, 2.75) is 20.3 Å². The van der Waals surface area contributed by atoms with Crippen LogP contribution < -0.4 is 10.2 Å². The highest BCUT2D eigenvalue weighted by molar-refractivity contribution is 7.15. The van der Waals surface area contributed by atoms with Crippen molar-refractivity contribution >= 4 is 33.8 Å². The first kappa shape index (κ1) is 19.4. The Balaban J connectivity index is 1.30. The van der Waals surface area contributed by atoms with Crippen molar-refractivity contribution in [1.29, 1.82) is 0 Å². The Kier molecular flexibility index (Phi) is 5.76. The number of carbonyl (C=O) groups excluding carboxylic acids is 1. The van der Waals surface area contributed by atoms with Crippen LogP contribution in [0.25, 0.3) is 0 Å². The fourth-order valence-electron chi connectivity index (χ4n) is 3.50. The number of rotatable bonds is 5. The molecule has 2 heterocycles. The molecule has 0 spiro atoms.